The fraction of sp³-hybridized carbons (Fsp3) is 0.333. The summed E-state index contributed by atoms with van der Waals surface area (Å²) in [7, 11) is 0. The number of anilines is 4. The minimum atomic E-state index is 0.310. The molecule has 2 heterocycles. The van der Waals surface area contributed by atoms with E-state index in [1.54, 1.807) is 6.20 Å². The van der Waals surface area contributed by atoms with Crippen LogP contribution in [0.3, 0.4) is 0 Å². The number of benzene rings is 2. The van der Waals surface area contributed by atoms with Gasteiger partial charge in [0.1, 0.15) is 5.82 Å². The van der Waals surface area contributed by atoms with Gasteiger partial charge in [0.2, 0.25) is 5.95 Å². The number of hydrogen-bond donors (Lipinski definition) is 3. The molecule has 0 saturated carbocycles. The zero-order valence-corrected chi connectivity index (χ0v) is 19.1. The first-order chi connectivity index (χ1) is 16.1. The predicted molar refractivity (Wildman–Crippen MR) is 134 cm³/mol. The van der Waals surface area contributed by atoms with Gasteiger partial charge in [0, 0.05) is 30.7 Å². The minimum absolute atomic E-state index is 0.310. The molecule has 1 fully saturated rings. The highest BCUT2D eigenvalue weighted by atomic mass is 16.3. The van der Waals surface area contributed by atoms with Crippen LogP contribution < -0.4 is 10.6 Å². The van der Waals surface area contributed by atoms with E-state index in [2.05, 4.69) is 74.9 Å². The van der Waals surface area contributed by atoms with Gasteiger partial charge in [-0.15, -0.1) is 0 Å². The molecule has 0 radical (unpaired) electrons. The van der Waals surface area contributed by atoms with E-state index < -0.39 is 0 Å². The topological polar surface area (TPSA) is 73.3 Å². The van der Waals surface area contributed by atoms with Gasteiger partial charge in [0.05, 0.1) is 0 Å². The first-order valence-electron chi connectivity index (χ1n) is 11.7. The molecule has 3 N–H and O–H groups in total. The molecule has 33 heavy (non-hydrogen) atoms. The summed E-state index contributed by atoms with van der Waals surface area (Å²) < 4.78 is 0. The molecule has 3 aromatic rings. The average molecular weight is 442 g/mol. The number of piperidine rings is 1. The van der Waals surface area contributed by atoms with E-state index in [4.69, 9.17) is 0 Å². The van der Waals surface area contributed by atoms with E-state index in [9.17, 15) is 5.11 Å². The second-order valence-corrected chi connectivity index (χ2v) is 9.20. The van der Waals surface area contributed by atoms with Gasteiger partial charge >= 0.3 is 0 Å². The van der Waals surface area contributed by atoms with Crippen LogP contribution in [0, 0.1) is 5.92 Å². The third-order valence-corrected chi connectivity index (χ3v) is 6.50. The lowest BCUT2D eigenvalue weighted by Crippen LogP contribution is -2.34. The first kappa shape index (κ1) is 21.6. The van der Waals surface area contributed by atoms with Gasteiger partial charge in [-0.05, 0) is 92.2 Å². The van der Waals surface area contributed by atoms with Crippen LogP contribution in [0.1, 0.15) is 36.5 Å². The minimum Gasteiger partial charge on any atom is -0.396 e. The van der Waals surface area contributed by atoms with Crippen LogP contribution in [0.5, 0.6) is 0 Å². The Balaban J connectivity index is 1.23. The second-order valence-electron chi connectivity index (χ2n) is 9.20. The summed E-state index contributed by atoms with van der Waals surface area (Å²) in [5.74, 6) is 1.79. The molecule has 1 saturated heterocycles. The smallest absolute Gasteiger partial charge is 0.229 e. The number of aromatic nitrogens is 2. The Morgan fingerprint density at radius 2 is 1.88 bits per heavy atom. The van der Waals surface area contributed by atoms with Crippen LogP contribution >= 0.6 is 0 Å². The lowest BCUT2D eigenvalue weighted by atomic mass is 9.97. The summed E-state index contributed by atoms with van der Waals surface area (Å²) >= 11 is 0. The molecule has 5 rings (SSSR count). The number of rotatable bonds is 7. The maximum absolute atomic E-state index is 9.35. The molecule has 170 valence electrons. The third-order valence-electron chi connectivity index (χ3n) is 6.50. The molecule has 1 aromatic heterocycles. The summed E-state index contributed by atoms with van der Waals surface area (Å²) in [5.41, 5.74) is 7.32. The molecule has 0 unspecified atom stereocenters. The molecule has 0 spiro atoms. The van der Waals surface area contributed by atoms with E-state index in [1.807, 2.05) is 12.1 Å². The fourth-order valence-electron chi connectivity index (χ4n) is 4.68. The quantitative estimate of drug-likeness (QED) is 0.472. The van der Waals surface area contributed by atoms with E-state index in [-0.39, 0.29) is 0 Å². The number of aliphatic hydroxyl groups is 1. The molecule has 6 nitrogen and oxygen atoms in total. The Hall–Kier alpha value is -3.22. The highest BCUT2D eigenvalue weighted by Crippen LogP contribution is 2.28. The zero-order chi connectivity index (χ0) is 22.6. The van der Waals surface area contributed by atoms with Crippen molar-refractivity contribution in [3.8, 4) is 0 Å². The van der Waals surface area contributed by atoms with Gasteiger partial charge in [-0.25, -0.2) is 4.98 Å². The van der Waals surface area contributed by atoms with Gasteiger partial charge in [-0.3, -0.25) is 4.90 Å². The number of nitrogens with zero attached hydrogens (tertiary/aromatic N) is 3. The lowest BCUT2D eigenvalue weighted by molar-refractivity contribution is 0.127. The molecule has 0 atom stereocenters. The molecule has 2 aliphatic rings. The molecule has 2 aromatic carbocycles. The summed E-state index contributed by atoms with van der Waals surface area (Å²) in [6, 6.07) is 16.8. The Bertz CT molecular complexity index is 1150. The Morgan fingerprint density at radius 1 is 1.03 bits per heavy atom. The summed E-state index contributed by atoms with van der Waals surface area (Å²) in [5, 5.41) is 16.1. The van der Waals surface area contributed by atoms with E-state index >= 15 is 0 Å². The van der Waals surface area contributed by atoms with Crippen LogP contribution in [-0.4, -0.2) is 39.7 Å². The summed E-state index contributed by atoms with van der Waals surface area (Å²) in [6.45, 7) is 5.48. The number of allylic oxidation sites excluding steroid dienone is 1. The van der Waals surface area contributed by atoms with E-state index in [1.165, 1.54) is 22.3 Å². The maximum atomic E-state index is 9.35. The van der Waals surface area contributed by atoms with Gasteiger partial charge < -0.3 is 15.7 Å². The van der Waals surface area contributed by atoms with Crippen molar-refractivity contribution in [2.45, 2.75) is 32.7 Å². The zero-order valence-electron chi connectivity index (χ0n) is 19.1. The van der Waals surface area contributed by atoms with Crippen LogP contribution in [0.2, 0.25) is 0 Å². The number of nitrogens with one attached hydrogen (secondary N) is 2. The number of likely N-dealkylation sites (tertiary alicyclic amines) is 1. The molecule has 0 amide bonds. The van der Waals surface area contributed by atoms with Crippen LogP contribution in [-0.2, 0) is 13.0 Å². The van der Waals surface area contributed by atoms with Crippen LogP contribution in [0.4, 0.5) is 23.1 Å². The second kappa shape index (κ2) is 9.73. The Labute approximate surface area is 195 Å². The summed E-state index contributed by atoms with van der Waals surface area (Å²) in [4.78, 5) is 11.5. The monoisotopic (exact) mass is 441 g/mol. The molecule has 1 aliphatic carbocycles. The maximum Gasteiger partial charge on any atom is 0.229 e. The van der Waals surface area contributed by atoms with Gasteiger partial charge in [-0.2, -0.15) is 4.98 Å². The molecular weight excluding hydrogens is 410 g/mol. The van der Waals surface area contributed by atoms with Crippen LogP contribution in [0.25, 0.3) is 6.08 Å². The van der Waals surface area contributed by atoms with Gasteiger partial charge in [-0.1, -0.05) is 29.8 Å². The Morgan fingerprint density at radius 3 is 2.73 bits per heavy atom. The summed E-state index contributed by atoms with van der Waals surface area (Å²) in [6.07, 6.45) is 7.20. The van der Waals surface area contributed by atoms with E-state index in [0.29, 0.717) is 18.5 Å². The van der Waals surface area contributed by atoms with Gasteiger partial charge in [0.15, 0.2) is 0 Å². The van der Waals surface area contributed by atoms with E-state index in [0.717, 1.165) is 56.1 Å². The van der Waals surface area contributed by atoms with Crippen molar-refractivity contribution in [1.29, 1.82) is 0 Å². The van der Waals surface area contributed by atoms with Crippen molar-refractivity contribution < 1.29 is 5.11 Å². The van der Waals surface area contributed by atoms with Crippen molar-refractivity contribution in [2.24, 2.45) is 5.92 Å². The highest BCUT2D eigenvalue weighted by Gasteiger charge is 2.18. The SMILES string of the molecule is CC1=Cc2cc(Nc3ccnc(Nc4cccc(CN5CCC(CO)CC5)c4)n3)ccc2C1. The number of hydrogen-bond acceptors (Lipinski definition) is 6. The van der Waals surface area contributed by atoms with Gasteiger partial charge in [0.25, 0.3) is 0 Å². The normalized spacial score (nSPS) is 16.4. The average Bonchev–Trinajstić information content (AvgIpc) is 3.19. The van der Waals surface area contributed by atoms with Crippen molar-refractivity contribution in [2.75, 3.05) is 30.3 Å². The van der Waals surface area contributed by atoms with Crippen molar-refractivity contribution in [3.05, 3.63) is 77.0 Å². The predicted octanol–water partition coefficient (Wildman–Crippen LogP) is 5.13. The van der Waals surface area contributed by atoms with Crippen molar-refractivity contribution in [1.82, 2.24) is 14.9 Å². The number of aliphatic hydroxyl groups excluding tert-OH is 1. The molecule has 0 bridgehead atoms. The Kier molecular flexibility index (Phi) is 6.37. The first-order valence-corrected chi connectivity index (χ1v) is 11.7. The van der Waals surface area contributed by atoms with Crippen LogP contribution in [0.15, 0.2) is 60.3 Å². The molecule has 1 aliphatic heterocycles. The van der Waals surface area contributed by atoms with Crippen molar-refractivity contribution in [3.63, 3.8) is 0 Å². The highest BCUT2D eigenvalue weighted by molar-refractivity contribution is 5.70. The number of fused-ring (bicyclic) bond motifs is 1. The standard InChI is InChI=1S/C27H31N5O/c1-19-13-22-5-6-25(16-23(22)14-19)29-26-7-10-28-27(31-26)30-24-4-2-3-21(15-24)17-32-11-8-20(18-33)9-12-32/h2-7,10,14-16,20,33H,8-9,11-13,17-18H2,1H3,(H2,28,29,30,31). The fourth-order valence-corrected chi connectivity index (χ4v) is 4.68. The molecule has 6 heteroatoms. The largest absolute Gasteiger partial charge is 0.396 e. The third kappa shape index (κ3) is 5.41. The van der Waals surface area contributed by atoms with Crippen molar-refractivity contribution >= 4 is 29.2 Å². The lowest BCUT2D eigenvalue weighted by Gasteiger charge is -2.31. The molecular formula is C27H31N5O.